The maximum atomic E-state index is 11.6. The third-order valence-electron chi connectivity index (χ3n) is 2.36. The molecule has 0 aliphatic rings. The molecular formula is C12H16N4O2. The van der Waals surface area contributed by atoms with Gasteiger partial charge in [-0.2, -0.15) is 5.26 Å². The van der Waals surface area contributed by atoms with Crippen LogP contribution in [-0.2, 0) is 4.74 Å². The van der Waals surface area contributed by atoms with Crippen molar-refractivity contribution in [3.8, 4) is 6.07 Å². The summed E-state index contributed by atoms with van der Waals surface area (Å²) in [7, 11) is 1.80. The fraction of sp³-hybridized carbons (Fsp3) is 0.500. The quantitative estimate of drug-likeness (QED) is 0.731. The van der Waals surface area contributed by atoms with Gasteiger partial charge in [0.05, 0.1) is 30.4 Å². The van der Waals surface area contributed by atoms with Crippen molar-refractivity contribution in [3.63, 3.8) is 0 Å². The highest BCUT2D eigenvalue weighted by atomic mass is 16.5. The molecule has 0 amide bonds. The zero-order valence-corrected chi connectivity index (χ0v) is 10.8. The van der Waals surface area contributed by atoms with Crippen molar-refractivity contribution in [1.29, 1.82) is 5.26 Å². The Bertz CT molecular complexity index is 468. The van der Waals surface area contributed by atoms with E-state index in [9.17, 15) is 4.79 Å². The second-order valence-electron chi connectivity index (χ2n) is 3.72. The van der Waals surface area contributed by atoms with Crippen molar-refractivity contribution >= 4 is 11.9 Å². The maximum absolute atomic E-state index is 11.6. The number of hydrogen-bond acceptors (Lipinski definition) is 6. The van der Waals surface area contributed by atoms with Gasteiger partial charge in [-0.3, -0.25) is 0 Å². The summed E-state index contributed by atoms with van der Waals surface area (Å²) in [6, 6.07) is 2.06. The van der Waals surface area contributed by atoms with E-state index in [-0.39, 0.29) is 0 Å². The predicted octanol–water partition coefficient (Wildman–Crippen LogP) is 1.31. The summed E-state index contributed by atoms with van der Waals surface area (Å²) in [5, 5.41) is 8.51. The average molecular weight is 248 g/mol. The molecule has 0 aliphatic heterocycles. The van der Waals surface area contributed by atoms with Crippen molar-refractivity contribution in [2.24, 2.45) is 0 Å². The lowest BCUT2D eigenvalue weighted by Crippen LogP contribution is -2.22. The van der Waals surface area contributed by atoms with Crippen LogP contribution in [0.1, 0.15) is 29.4 Å². The molecular weight excluding hydrogens is 232 g/mol. The number of esters is 1. The van der Waals surface area contributed by atoms with Crippen LogP contribution in [-0.4, -0.2) is 36.1 Å². The van der Waals surface area contributed by atoms with E-state index in [1.165, 1.54) is 6.20 Å². The van der Waals surface area contributed by atoms with Gasteiger partial charge in [-0.15, -0.1) is 0 Å². The lowest BCUT2D eigenvalue weighted by atomic mass is 10.2. The van der Waals surface area contributed by atoms with Crippen LogP contribution in [0.25, 0.3) is 0 Å². The summed E-state index contributed by atoms with van der Waals surface area (Å²) in [4.78, 5) is 21.7. The molecule has 1 aromatic heterocycles. The molecule has 0 radical (unpaired) electrons. The van der Waals surface area contributed by atoms with Crippen molar-refractivity contribution in [1.82, 2.24) is 9.97 Å². The van der Waals surface area contributed by atoms with Crippen LogP contribution in [0.3, 0.4) is 0 Å². The van der Waals surface area contributed by atoms with Crippen LogP contribution >= 0.6 is 0 Å². The number of hydrogen-bond donors (Lipinski definition) is 0. The first-order valence-electron chi connectivity index (χ1n) is 5.69. The lowest BCUT2D eigenvalue weighted by molar-refractivity contribution is 0.0524. The van der Waals surface area contributed by atoms with Crippen LogP contribution < -0.4 is 4.90 Å². The molecule has 0 aliphatic carbocycles. The Kier molecular flexibility index (Phi) is 5.06. The fourth-order valence-electron chi connectivity index (χ4n) is 1.37. The Morgan fingerprint density at radius 2 is 2.33 bits per heavy atom. The van der Waals surface area contributed by atoms with E-state index in [0.717, 1.165) is 0 Å². The number of anilines is 1. The molecule has 0 bridgehead atoms. The van der Waals surface area contributed by atoms with Crippen LogP contribution in [0.2, 0.25) is 0 Å². The second kappa shape index (κ2) is 6.55. The molecule has 0 fully saturated rings. The molecule has 1 aromatic rings. The molecule has 0 spiro atoms. The highest BCUT2D eigenvalue weighted by Gasteiger charge is 2.13. The first-order valence-corrected chi connectivity index (χ1v) is 5.69. The predicted molar refractivity (Wildman–Crippen MR) is 66.2 cm³/mol. The summed E-state index contributed by atoms with van der Waals surface area (Å²) in [6.45, 7) is 4.35. The van der Waals surface area contributed by atoms with Crippen LogP contribution in [0.4, 0.5) is 5.95 Å². The van der Waals surface area contributed by atoms with E-state index in [1.807, 2.05) is 0 Å². The van der Waals surface area contributed by atoms with Crippen LogP contribution in [0.5, 0.6) is 0 Å². The molecule has 0 unspecified atom stereocenters. The average Bonchev–Trinajstić information content (AvgIpc) is 2.35. The summed E-state index contributed by atoms with van der Waals surface area (Å²) in [5.74, 6) is 0.0806. The van der Waals surface area contributed by atoms with Gasteiger partial charge in [-0.1, -0.05) is 0 Å². The van der Waals surface area contributed by atoms with Crippen molar-refractivity contribution < 1.29 is 9.53 Å². The Morgan fingerprint density at radius 1 is 1.61 bits per heavy atom. The number of nitriles is 1. The lowest BCUT2D eigenvalue weighted by Gasteiger charge is -2.16. The van der Waals surface area contributed by atoms with Crippen molar-refractivity contribution in [2.45, 2.75) is 20.3 Å². The highest BCUT2D eigenvalue weighted by Crippen LogP contribution is 2.11. The molecule has 6 heteroatoms. The van der Waals surface area contributed by atoms with Gasteiger partial charge in [0.1, 0.15) is 0 Å². The third kappa shape index (κ3) is 3.42. The van der Waals surface area contributed by atoms with Crippen LogP contribution in [0.15, 0.2) is 6.20 Å². The Hall–Kier alpha value is -2.16. The molecule has 6 nitrogen and oxygen atoms in total. The van der Waals surface area contributed by atoms with E-state index in [1.54, 1.807) is 25.8 Å². The molecule has 0 aromatic carbocycles. The number of carbonyl (C=O) groups excluding carboxylic acids is 1. The van der Waals surface area contributed by atoms with E-state index in [0.29, 0.717) is 36.8 Å². The van der Waals surface area contributed by atoms with E-state index in [2.05, 4.69) is 16.0 Å². The number of aromatic nitrogens is 2. The number of rotatable bonds is 5. The minimum atomic E-state index is -0.416. The first-order chi connectivity index (χ1) is 8.60. The molecule has 0 atom stereocenters. The first kappa shape index (κ1) is 13.9. The molecule has 0 saturated carbocycles. The van der Waals surface area contributed by atoms with Gasteiger partial charge in [0.15, 0.2) is 0 Å². The zero-order chi connectivity index (χ0) is 13.5. The van der Waals surface area contributed by atoms with E-state index in [4.69, 9.17) is 10.00 Å². The largest absolute Gasteiger partial charge is 0.462 e. The normalized spacial score (nSPS) is 9.67. The topological polar surface area (TPSA) is 79.1 Å². The molecule has 96 valence electrons. The third-order valence-corrected chi connectivity index (χ3v) is 2.36. The minimum absolute atomic E-state index is 0.322. The Morgan fingerprint density at radius 3 is 2.89 bits per heavy atom. The monoisotopic (exact) mass is 248 g/mol. The maximum Gasteiger partial charge on any atom is 0.341 e. The highest BCUT2D eigenvalue weighted by molar-refractivity contribution is 5.90. The molecule has 1 heterocycles. The van der Waals surface area contributed by atoms with E-state index >= 15 is 0 Å². The van der Waals surface area contributed by atoms with E-state index < -0.39 is 5.97 Å². The SMILES string of the molecule is CCOC(=O)c1cnc(N(C)CCC#N)nc1C. The zero-order valence-electron chi connectivity index (χ0n) is 10.8. The smallest absolute Gasteiger partial charge is 0.341 e. The molecule has 18 heavy (non-hydrogen) atoms. The number of aryl methyl sites for hydroxylation is 1. The van der Waals surface area contributed by atoms with Gasteiger partial charge in [-0.05, 0) is 13.8 Å². The van der Waals surface area contributed by atoms with Gasteiger partial charge in [0.25, 0.3) is 0 Å². The second-order valence-corrected chi connectivity index (χ2v) is 3.72. The Balaban J connectivity index is 2.85. The molecule has 0 N–H and O–H groups in total. The van der Waals surface area contributed by atoms with Gasteiger partial charge in [-0.25, -0.2) is 14.8 Å². The molecule has 0 saturated heterocycles. The van der Waals surface area contributed by atoms with Gasteiger partial charge < -0.3 is 9.64 Å². The standard InChI is InChI=1S/C12H16N4O2/c1-4-18-11(17)10-8-14-12(15-9(10)2)16(3)7-5-6-13/h8H,4-5,7H2,1-3H3. The molecule has 1 rings (SSSR count). The fourth-order valence-corrected chi connectivity index (χ4v) is 1.37. The number of carbonyl (C=O) groups is 1. The van der Waals surface area contributed by atoms with Gasteiger partial charge in [0, 0.05) is 19.8 Å². The minimum Gasteiger partial charge on any atom is -0.462 e. The summed E-state index contributed by atoms with van der Waals surface area (Å²) in [6.07, 6.45) is 1.86. The number of ether oxygens (including phenoxy) is 1. The summed E-state index contributed by atoms with van der Waals surface area (Å²) >= 11 is 0. The van der Waals surface area contributed by atoms with Crippen LogP contribution in [0, 0.1) is 18.3 Å². The van der Waals surface area contributed by atoms with Gasteiger partial charge in [0.2, 0.25) is 5.95 Å². The van der Waals surface area contributed by atoms with Gasteiger partial charge >= 0.3 is 5.97 Å². The summed E-state index contributed by atoms with van der Waals surface area (Å²) < 4.78 is 4.90. The van der Waals surface area contributed by atoms with Crippen molar-refractivity contribution in [2.75, 3.05) is 25.1 Å². The number of nitrogens with zero attached hydrogens (tertiary/aromatic N) is 4. The summed E-state index contributed by atoms with van der Waals surface area (Å²) in [5.41, 5.74) is 0.941. The van der Waals surface area contributed by atoms with Crippen molar-refractivity contribution in [3.05, 3.63) is 17.5 Å². The Labute approximate surface area is 106 Å².